The van der Waals surface area contributed by atoms with Crippen LogP contribution in [0.15, 0.2) is 60.9 Å². The van der Waals surface area contributed by atoms with Crippen molar-refractivity contribution in [3.63, 3.8) is 0 Å². The summed E-state index contributed by atoms with van der Waals surface area (Å²) in [4.78, 5) is 22.0. The van der Waals surface area contributed by atoms with E-state index in [2.05, 4.69) is 77.0 Å². The zero-order valence-corrected chi connectivity index (χ0v) is 20.4. The van der Waals surface area contributed by atoms with Crippen LogP contribution in [-0.2, 0) is 10.8 Å². The van der Waals surface area contributed by atoms with Gasteiger partial charge >= 0.3 is 0 Å². The first-order valence-electron chi connectivity index (χ1n) is 11.3. The number of carbonyl (C=O) groups excluding carboxylic acids is 1. The summed E-state index contributed by atoms with van der Waals surface area (Å²) in [5.41, 5.74) is 5.68. The van der Waals surface area contributed by atoms with E-state index in [1.165, 1.54) is 11.1 Å². The smallest absolute Gasteiger partial charge is 0.251 e. The maximum absolute atomic E-state index is 12.6. The minimum absolute atomic E-state index is 0.0586. The van der Waals surface area contributed by atoms with Gasteiger partial charge < -0.3 is 5.32 Å². The van der Waals surface area contributed by atoms with E-state index >= 15 is 0 Å². The van der Waals surface area contributed by atoms with E-state index < -0.39 is 0 Å². The fourth-order valence-electron chi connectivity index (χ4n) is 3.95. The van der Waals surface area contributed by atoms with E-state index in [4.69, 9.17) is 4.98 Å². The fourth-order valence-corrected chi connectivity index (χ4v) is 3.95. The number of rotatable bonds is 7. The lowest BCUT2D eigenvalue weighted by Gasteiger charge is -2.28. The number of amides is 1. The van der Waals surface area contributed by atoms with Crippen molar-refractivity contribution in [2.45, 2.75) is 65.2 Å². The predicted molar refractivity (Wildman–Crippen MR) is 131 cm³/mol. The summed E-state index contributed by atoms with van der Waals surface area (Å²) in [6.45, 7) is 15.4. The largest absolute Gasteiger partial charge is 0.351 e. The van der Waals surface area contributed by atoms with Gasteiger partial charge in [-0.2, -0.15) is 0 Å². The van der Waals surface area contributed by atoms with Crippen LogP contribution in [0.2, 0.25) is 0 Å². The van der Waals surface area contributed by atoms with Gasteiger partial charge in [-0.1, -0.05) is 65.8 Å². The normalized spacial score (nSPS) is 12.1. The molecule has 1 N–H and O–H groups in total. The molecule has 2 aromatic heterocycles. The highest BCUT2D eigenvalue weighted by Crippen LogP contribution is 2.32. The molecule has 3 aromatic rings. The Hall–Kier alpha value is -3.01. The molecule has 0 saturated heterocycles. The van der Waals surface area contributed by atoms with Crippen LogP contribution in [0.1, 0.15) is 85.9 Å². The summed E-state index contributed by atoms with van der Waals surface area (Å²) < 4.78 is 0. The molecular weight excluding hydrogens is 394 g/mol. The number of hydrogen-bond donors (Lipinski definition) is 1. The highest BCUT2D eigenvalue weighted by molar-refractivity contribution is 5.94. The van der Waals surface area contributed by atoms with Gasteiger partial charge in [-0.05, 0) is 53.8 Å². The van der Waals surface area contributed by atoms with Crippen LogP contribution in [0.5, 0.6) is 0 Å². The Kier molecular flexibility index (Phi) is 6.82. The first-order valence-corrected chi connectivity index (χ1v) is 11.3. The van der Waals surface area contributed by atoms with Crippen molar-refractivity contribution in [3.05, 3.63) is 94.6 Å². The lowest BCUT2D eigenvalue weighted by molar-refractivity contribution is 0.0945. The zero-order chi connectivity index (χ0) is 23.5. The van der Waals surface area contributed by atoms with Gasteiger partial charge in [-0.25, -0.2) is 0 Å². The molecule has 0 aliphatic rings. The quantitative estimate of drug-likeness (QED) is 0.505. The summed E-state index contributed by atoms with van der Waals surface area (Å²) in [6, 6.07) is 16.1. The minimum atomic E-state index is -0.295. The Balaban J connectivity index is 1.70. The topological polar surface area (TPSA) is 54.9 Å². The van der Waals surface area contributed by atoms with E-state index in [0.717, 1.165) is 17.0 Å². The highest BCUT2D eigenvalue weighted by Gasteiger charge is 2.28. The van der Waals surface area contributed by atoms with Crippen molar-refractivity contribution in [1.82, 2.24) is 15.3 Å². The van der Waals surface area contributed by atoms with Crippen molar-refractivity contribution >= 4 is 5.91 Å². The molecule has 4 heteroatoms. The molecule has 0 aliphatic heterocycles. The molecule has 1 amide bonds. The van der Waals surface area contributed by atoms with Gasteiger partial charge in [0.15, 0.2) is 0 Å². The Labute approximate surface area is 192 Å². The Morgan fingerprint density at radius 2 is 1.66 bits per heavy atom. The number of benzene rings is 1. The van der Waals surface area contributed by atoms with Crippen LogP contribution in [0, 0.1) is 6.92 Å². The molecule has 0 aliphatic carbocycles. The van der Waals surface area contributed by atoms with Gasteiger partial charge in [0.2, 0.25) is 0 Å². The Morgan fingerprint density at radius 1 is 0.969 bits per heavy atom. The molecule has 2 heterocycles. The number of aryl methyl sites for hydroxylation is 1. The number of nitrogens with zero attached hydrogens (tertiary/aromatic N) is 2. The SMILES string of the molecule is Cc1cccnc1C(C)(C)c1ccc(C(C)(C)CNC(=O)c2ccc(C(C)C)cc2)nc1. The van der Waals surface area contributed by atoms with E-state index in [0.29, 0.717) is 18.0 Å². The van der Waals surface area contributed by atoms with Crippen LogP contribution in [-0.4, -0.2) is 22.4 Å². The van der Waals surface area contributed by atoms with Gasteiger partial charge in [0.25, 0.3) is 5.91 Å². The summed E-state index contributed by atoms with van der Waals surface area (Å²) in [5, 5.41) is 3.08. The molecule has 4 nitrogen and oxygen atoms in total. The monoisotopic (exact) mass is 429 g/mol. The molecule has 0 radical (unpaired) electrons. The average Bonchev–Trinajstić information content (AvgIpc) is 2.78. The van der Waals surface area contributed by atoms with Gasteiger partial charge in [0.05, 0.1) is 5.69 Å². The lowest BCUT2D eigenvalue weighted by atomic mass is 9.79. The number of hydrogen-bond acceptors (Lipinski definition) is 3. The molecule has 1 aromatic carbocycles. The van der Waals surface area contributed by atoms with Crippen molar-refractivity contribution in [1.29, 1.82) is 0 Å². The van der Waals surface area contributed by atoms with Crippen LogP contribution < -0.4 is 5.32 Å². The fraction of sp³-hybridized carbons (Fsp3) is 0.393. The van der Waals surface area contributed by atoms with Crippen molar-refractivity contribution in [2.75, 3.05) is 6.54 Å². The average molecular weight is 430 g/mol. The van der Waals surface area contributed by atoms with Crippen molar-refractivity contribution in [2.24, 2.45) is 0 Å². The third kappa shape index (κ3) is 5.07. The van der Waals surface area contributed by atoms with E-state index in [-0.39, 0.29) is 16.7 Å². The minimum Gasteiger partial charge on any atom is -0.351 e. The molecular formula is C28H35N3O. The molecule has 0 bridgehead atoms. The lowest BCUT2D eigenvalue weighted by Crippen LogP contribution is -2.37. The molecule has 0 fully saturated rings. The van der Waals surface area contributed by atoms with Crippen LogP contribution in [0.4, 0.5) is 0 Å². The molecule has 0 atom stereocenters. The molecule has 32 heavy (non-hydrogen) atoms. The van der Waals surface area contributed by atoms with Gasteiger partial charge in [-0.15, -0.1) is 0 Å². The third-order valence-electron chi connectivity index (χ3n) is 6.31. The number of carbonyl (C=O) groups is 1. The Bertz CT molecular complexity index is 1060. The summed E-state index contributed by atoms with van der Waals surface area (Å²) in [6.07, 6.45) is 3.78. The van der Waals surface area contributed by atoms with Gasteiger partial charge in [-0.3, -0.25) is 14.8 Å². The van der Waals surface area contributed by atoms with Crippen molar-refractivity contribution < 1.29 is 4.79 Å². The van der Waals surface area contributed by atoms with Crippen LogP contribution in [0.25, 0.3) is 0 Å². The van der Waals surface area contributed by atoms with Gasteiger partial charge in [0, 0.05) is 41.0 Å². The second-order valence-corrected chi connectivity index (χ2v) is 10.1. The number of pyridine rings is 2. The third-order valence-corrected chi connectivity index (χ3v) is 6.31. The maximum Gasteiger partial charge on any atom is 0.251 e. The number of nitrogens with one attached hydrogen (secondary N) is 1. The summed E-state index contributed by atoms with van der Waals surface area (Å²) in [7, 11) is 0. The standard InChI is InChI=1S/C28H35N3O/c1-19(2)21-10-12-22(13-11-21)26(32)31-18-27(4,5)24-15-14-23(17-30-24)28(6,7)25-20(3)9-8-16-29-25/h8-17,19H,18H2,1-7H3,(H,31,32). The van der Waals surface area contributed by atoms with Crippen LogP contribution in [0.3, 0.4) is 0 Å². The van der Waals surface area contributed by atoms with Crippen LogP contribution >= 0.6 is 0 Å². The molecule has 0 unspecified atom stereocenters. The molecule has 168 valence electrons. The molecule has 3 rings (SSSR count). The summed E-state index contributed by atoms with van der Waals surface area (Å²) >= 11 is 0. The first-order chi connectivity index (χ1) is 15.0. The highest BCUT2D eigenvalue weighted by atomic mass is 16.1. The Morgan fingerprint density at radius 3 is 2.22 bits per heavy atom. The van der Waals surface area contributed by atoms with Gasteiger partial charge in [0.1, 0.15) is 0 Å². The van der Waals surface area contributed by atoms with E-state index in [9.17, 15) is 4.79 Å². The second kappa shape index (κ2) is 9.23. The number of aromatic nitrogens is 2. The molecule has 0 spiro atoms. The van der Waals surface area contributed by atoms with Crippen molar-refractivity contribution in [3.8, 4) is 0 Å². The zero-order valence-electron chi connectivity index (χ0n) is 20.4. The first kappa shape index (κ1) is 23.6. The van der Waals surface area contributed by atoms with E-state index in [1.807, 2.05) is 42.7 Å². The predicted octanol–water partition coefficient (Wildman–Crippen LogP) is 5.94. The molecule has 0 saturated carbocycles. The maximum atomic E-state index is 12.6. The van der Waals surface area contributed by atoms with E-state index in [1.54, 1.807) is 0 Å². The summed E-state index contributed by atoms with van der Waals surface area (Å²) in [5.74, 6) is 0.392. The second-order valence-electron chi connectivity index (χ2n) is 10.1.